The Labute approximate surface area is 114 Å². The van der Waals surface area contributed by atoms with E-state index in [2.05, 4.69) is 11.8 Å². The summed E-state index contributed by atoms with van der Waals surface area (Å²) in [5.41, 5.74) is 6.81. The quantitative estimate of drug-likeness (QED) is 0.889. The van der Waals surface area contributed by atoms with Crippen molar-refractivity contribution in [3.63, 3.8) is 0 Å². The highest BCUT2D eigenvalue weighted by Gasteiger charge is 2.25. The standard InChI is InChI=1S/C14H22N2O3/c1-10-8-16(9-12(7-15)19-10)11-4-5-13(17-2)14(6-11)18-3/h4-6,10,12H,7-9,15H2,1-3H3. The molecule has 2 atom stereocenters. The maximum atomic E-state index is 5.77. The fourth-order valence-corrected chi connectivity index (χ4v) is 2.41. The van der Waals surface area contributed by atoms with Gasteiger partial charge in [-0.1, -0.05) is 0 Å². The number of ether oxygens (including phenoxy) is 3. The van der Waals surface area contributed by atoms with E-state index in [4.69, 9.17) is 19.9 Å². The maximum absolute atomic E-state index is 5.77. The molecule has 2 N–H and O–H groups in total. The summed E-state index contributed by atoms with van der Waals surface area (Å²) >= 11 is 0. The Kier molecular flexibility index (Phi) is 4.50. The molecule has 0 saturated carbocycles. The molecule has 1 heterocycles. The van der Waals surface area contributed by atoms with E-state index in [-0.39, 0.29) is 12.2 Å². The molecule has 1 aliphatic rings. The first-order valence-corrected chi connectivity index (χ1v) is 6.50. The smallest absolute Gasteiger partial charge is 0.162 e. The van der Waals surface area contributed by atoms with Gasteiger partial charge in [0.2, 0.25) is 0 Å². The average Bonchev–Trinajstić information content (AvgIpc) is 2.45. The molecular formula is C14H22N2O3. The summed E-state index contributed by atoms with van der Waals surface area (Å²) in [6.45, 7) is 4.26. The van der Waals surface area contributed by atoms with Crippen molar-refractivity contribution in [3.05, 3.63) is 18.2 Å². The fraction of sp³-hybridized carbons (Fsp3) is 0.571. The van der Waals surface area contributed by atoms with Crippen LogP contribution in [-0.2, 0) is 4.74 Å². The summed E-state index contributed by atoms with van der Waals surface area (Å²) in [6.07, 6.45) is 0.257. The Morgan fingerprint density at radius 3 is 2.63 bits per heavy atom. The number of anilines is 1. The van der Waals surface area contributed by atoms with Gasteiger partial charge in [-0.2, -0.15) is 0 Å². The van der Waals surface area contributed by atoms with Crippen LogP contribution in [0.25, 0.3) is 0 Å². The molecule has 2 rings (SSSR count). The molecule has 1 aromatic carbocycles. The van der Waals surface area contributed by atoms with Crippen LogP contribution in [0.2, 0.25) is 0 Å². The number of rotatable bonds is 4. The number of morpholine rings is 1. The number of hydrogen-bond acceptors (Lipinski definition) is 5. The minimum Gasteiger partial charge on any atom is -0.493 e. The van der Waals surface area contributed by atoms with Crippen molar-refractivity contribution in [1.29, 1.82) is 0 Å². The van der Waals surface area contributed by atoms with Gasteiger partial charge in [-0.3, -0.25) is 0 Å². The van der Waals surface area contributed by atoms with Gasteiger partial charge in [0.25, 0.3) is 0 Å². The Bertz CT molecular complexity index is 425. The largest absolute Gasteiger partial charge is 0.493 e. The van der Waals surface area contributed by atoms with E-state index in [0.29, 0.717) is 6.54 Å². The topological polar surface area (TPSA) is 57.0 Å². The Hall–Kier alpha value is -1.46. The zero-order valence-corrected chi connectivity index (χ0v) is 11.8. The zero-order chi connectivity index (χ0) is 13.8. The van der Waals surface area contributed by atoms with Gasteiger partial charge < -0.3 is 24.8 Å². The van der Waals surface area contributed by atoms with Gasteiger partial charge in [0.05, 0.1) is 26.4 Å². The summed E-state index contributed by atoms with van der Waals surface area (Å²) in [5, 5.41) is 0. The number of nitrogens with zero attached hydrogens (tertiary/aromatic N) is 1. The van der Waals surface area contributed by atoms with Crippen LogP contribution in [0, 0.1) is 0 Å². The fourth-order valence-electron chi connectivity index (χ4n) is 2.41. The zero-order valence-electron chi connectivity index (χ0n) is 11.8. The third kappa shape index (κ3) is 3.11. The van der Waals surface area contributed by atoms with Crippen LogP contribution in [0.15, 0.2) is 18.2 Å². The lowest BCUT2D eigenvalue weighted by atomic mass is 10.1. The molecule has 1 aliphatic heterocycles. The van der Waals surface area contributed by atoms with E-state index in [1.165, 1.54) is 0 Å². The van der Waals surface area contributed by atoms with Gasteiger partial charge >= 0.3 is 0 Å². The molecule has 106 valence electrons. The normalized spacial score (nSPS) is 23.3. The second-order valence-corrected chi connectivity index (χ2v) is 4.75. The van der Waals surface area contributed by atoms with Crippen molar-refractivity contribution < 1.29 is 14.2 Å². The van der Waals surface area contributed by atoms with Crippen molar-refractivity contribution in [1.82, 2.24) is 0 Å². The number of hydrogen-bond donors (Lipinski definition) is 1. The van der Waals surface area contributed by atoms with Crippen LogP contribution in [0.4, 0.5) is 5.69 Å². The predicted octanol–water partition coefficient (Wildman–Crippen LogP) is 1.26. The average molecular weight is 266 g/mol. The molecule has 0 spiro atoms. The van der Waals surface area contributed by atoms with Gasteiger partial charge in [-0.15, -0.1) is 0 Å². The minimum atomic E-state index is 0.0804. The molecule has 2 unspecified atom stereocenters. The predicted molar refractivity (Wildman–Crippen MR) is 75.1 cm³/mol. The second-order valence-electron chi connectivity index (χ2n) is 4.75. The molecular weight excluding hydrogens is 244 g/mol. The highest BCUT2D eigenvalue weighted by Crippen LogP contribution is 2.32. The van der Waals surface area contributed by atoms with E-state index >= 15 is 0 Å². The van der Waals surface area contributed by atoms with Gasteiger partial charge in [0, 0.05) is 31.4 Å². The lowest BCUT2D eigenvalue weighted by Gasteiger charge is -2.38. The van der Waals surface area contributed by atoms with E-state index in [9.17, 15) is 0 Å². The van der Waals surface area contributed by atoms with Crippen LogP contribution in [0.5, 0.6) is 11.5 Å². The first kappa shape index (κ1) is 14.0. The molecule has 5 heteroatoms. The third-order valence-corrected chi connectivity index (χ3v) is 3.32. The molecule has 0 radical (unpaired) electrons. The number of nitrogens with two attached hydrogens (primary N) is 1. The molecule has 0 aliphatic carbocycles. The van der Waals surface area contributed by atoms with Crippen LogP contribution in [0.1, 0.15) is 6.92 Å². The summed E-state index contributed by atoms with van der Waals surface area (Å²) in [7, 11) is 3.28. The van der Waals surface area contributed by atoms with Gasteiger partial charge in [-0.25, -0.2) is 0 Å². The highest BCUT2D eigenvalue weighted by molar-refractivity contribution is 5.56. The second kappa shape index (κ2) is 6.12. The lowest BCUT2D eigenvalue weighted by Crippen LogP contribution is -2.49. The number of methoxy groups -OCH3 is 2. The lowest BCUT2D eigenvalue weighted by molar-refractivity contribution is -0.0104. The van der Waals surface area contributed by atoms with Crippen LogP contribution < -0.4 is 20.1 Å². The maximum Gasteiger partial charge on any atom is 0.162 e. The van der Waals surface area contributed by atoms with E-state index < -0.39 is 0 Å². The van der Waals surface area contributed by atoms with Crippen molar-refractivity contribution in [2.45, 2.75) is 19.1 Å². The van der Waals surface area contributed by atoms with Crippen LogP contribution in [-0.4, -0.2) is 46.1 Å². The van der Waals surface area contributed by atoms with Crippen LogP contribution >= 0.6 is 0 Å². The van der Waals surface area contributed by atoms with E-state index in [1.807, 2.05) is 18.2 Å². The highest BCUT2D eigenvalue weighted by atomic mass is 16.5. The first-order valence-electron chi connectivity index (χ1n) is 6.50. The van der Waals surface area contributed by atoms with Crippen molar-refractivity contribution >= 4 is 5.69 Å². The molecule has 0 amide bonds. The minimum absolute atomic E-state index is 0.0804. The molecule has 0 bridgehead atoms. The van der Waals surface area contributed by atoms with Crippen molar-refractivity contribution in [2.75, 3.05) is 38.8 Å². The molecule has 19 heavy (non-hydrogen) atoms. The summed E-state index contributed by atoms with van der Waals surface area (Å²) < 4.78 is 16.4. The SMILES string of the molecule is COc1ccc(N2CC(C)OC(CN)C2)cc1OC. The molecule has 0 aromatic heterocycles. The summed E-state index contributed by atoms with van der Waals surface area (Å²) in [5.74, 6) is 1.48. The van der Waals surface area contributed by atoms with Gasteiger partial charge in [0.1, 0.15) is 0 Å². The Morgan fingerprint density at radius 2 is 2.00 bits per heavy atom. The molecule has 5 nitrogen and oxygen atoms in total. The van der Waals surface area contributed by atoms with Crippen molar-refractivity contribution in [2.24, 2.45) is 5.73 Å². The summed E-state index contributed by atoms with van der Waals surface area (Å²) in [4.78, 5) is 2.27. The monoisotopic (exact) mass is 266 g/mol. The molecule has 1 saturated heterocycles. The van der Waals surface area contributed by atoms with Crippen molar-refractivity contribution in [3.8, 4) is 11.5 Å². The van der Waals surface area contributed by atoms with E-state index in [1.54, 1.807) is 14.2 Å². The van der Waals surface area contributed by atoms with Crippen LogP contribution in [0.3, 0.4) is 0 Å². The van der Waals surface area contributed by atoms with E-state index in [0.717, 1.165) is 30.3 Å². The molecule has 1 aromatic rings. The van der Waals surface area contributed by atoms with Gasteiger partial charge in [0.15, 0.2) is 11.5 Å². The summed E-state index contributed by atoms with van der Waals surface area (Å²) in [6, 6.07) is 5.95. The Morgan fingerprint density at radius 1 is 1.26 bits per heavy atom. The third-order valence-electron chi connectivity index (χ3n) is 3.32. The Balaban J connectivity index is 2.21. The number of benzene rings is 1. The van der Waals surface area contributed by atoms with Gasteiger partial charge in [-0.05, 0) is 19.1 Å². The first-order chi connectivity index (χ1) is 9.17. The molecule has 1 fully saturated rings.